The van der Waals surface area contributed by atoms with Crippen LogP contribution in [0.4, 0.5) is 0 Å². The van der Waals surface area contributed by atoms with E-state index >= 15 is 0 Å². The number of amides is 5. The zero-order valence-electron chi connectivity index (χ0n) is 62.1. The van der Waals surface area contributed by atoms with E-state index < -0.39 is 365 Å². The molecule has 0 unspecified atom stereocenters. The third-order valence-electron chi connectivity index (χ3n) is 20.8. The van der Waals surface area contributed by atoms with Crippen LogP contribution in [0, 0.1) is 0 Å². The Bertz CT molecular complexity index is 3100. The Labute approximate surface area is 651 Å². The number of ether oxygens (including phenoxy) is 17. The number of hydrogen-bond donors (Lipinski definition) is 29. The lowest BCUT2D eigenvalue weighted by molar-refractivity contribution is -0.405. The Kier molecular flexibility index (Phi) is 34.1. The van der Waals surface area contributed by atoms with Gasteiger partial charge in [0.25, 0.3) is 0 Å². The lowest BCUT2D eigenvalue weighted by Gasteiger charge is -2.52. The fraction of sp³-hybridized carbons (Fsp3) is 0.922. The second-order valence-electron chi connectivity index (χ2n) is 28.9. The summed E-state index contributed by atoms with van der Waals surface area (Å²) < 4.78 is 102. The van der Waals surface area contributed by atoms with Gasteiger partial charge in [0.2, 0.25) is 29.5 Å². The summed E-state index contributed by atoms with van der Waals surface area (Å²) in [6.07, 6.45) is -84.5. The summed E-state index contributed by atoms with van der Waals surface area (Å²) in [6, 6.07) is -9.25. The Hall–Kier alpha value is -4.29. The minimum Gasteiger partial charge on any atom is -0.394 e. The maximum Gasteiger partial charge on any atom is 0.217 e. The maximum absolute atomic E-state index is 13.2. The van der Waals surface area contributed by atoms with Gasteiger partial charge in [-0.25, -0.2) is 0 Å². The lowest BCUT2D eigenvalue weighted by atomic mass is 9.93. The van der Waals surface area contributed by atoms with E-state index in [2.05, 4.69) is 26.6 Å². The molecule has 51 heteroatoms. The molecule has 5 amide bonds. The minimum atomic E-state index is -2.64. The second kappa shape index (κ2) is 41.5. The average molecular weight is 1680 g/mol. The SMILES string of the molecule is CC(=O)N[C@@H]1[C@@H](O)[C@H](O[C@@H]2O[C@H](CO)[C@@H](O[C@@H]3O[C@H](CO[C@H]4O[C@H](CO)[C@@H](O)[C@H](O)[C@@H]4O[C@@H]4O[C@H](CO)[C@@H](O)[C@H](O)[C@H]4NC(C)=O)[C@@H](O)[C@H](O[C@H]4O[C@H](CO)[C@@H](O[C@@H]5O[C@H](CO)[C@@H](O)[C@H](O)[C@H]5NC(C)=O)[C@H](O)[C@@H]4O[C@@H]4O[C@H](CO)[C@@H](O[C@@H]5O[C@H](CO)[C@H](O)[C@H](O)[C@H]5O)[C@H](O)[C@H]4NC(C)=O)[C@@H]3O)[C@H](O)[C@H]2NC(C)=O)[C@@H](CO)O[C@H]1O. The van der Waals surface area contributed by atoms with Crippen LogP contribution < -0.4 is 26.6 Å². The number of hydrogen-bond acceptors (Lipinski definition) is 46. The van der Waals surface area contributed by atoms with E-state index in [0.29, 0.717) is 0 Å². The molecule has 9 aliphatic heterocycles. The molecule has 0 radical (unpaired) electrons. The predicted molar refractivity (Wildman–Crippen MR) is 355 cm³/mol. The van der Waals surface area contributed by atoms with Gasteiger partial charge in [-0.05, 0) is 0 Å². The number of carbonyl (C=O) groups is 5. The van der Waals surface area contributed by atoms with E-state index in [1.165, 1.54) is 0 Å². The zero-order chi connectivity index (χ0) is 84.8. The molecule has 0 aliphatic carbocycles. The standard InChI is InChI=1S/C64H107N5O46/c1-15(78)65-29-41(90)49(24(10-74)100-56(29)98)109-59-32(68-18(4)81)42(91)51(26(12-76)105-59)112-62-48(97)53(38(87)28(108-62)14-99-63-54(45(94)37(86)23(9-73)104-63)114-58-31(67-17(3)80)40(89)35(84)21(7-71)102-58)113-64-55(47(96)52(27(13-77)107-64)110-57-30(66-16(2)79)39(88)34(83)20(6-70)101-57)115-60-33(69-19(5)82)43(92)50(25(11-75)106-60)111-61-46(95)44(93)36(85)22(8-72)103-61/h20-64,70-77,83-98H,6-14H2,1-5H3,(H,65,78)(H,66,79)(H,67,80)(H,68,81)(H,69,82)/t20-,21-,22-,23-,24-,25-,26-,27-,28-,29-,30-,31-,32-,33-,34-,35-,36+,37-,38-,39-,40-,41-,42-,43-,44+,45+,46-,47+,48+,49-,50-,51-,52-,53+,54+,55+,56-,57+,58+,59+,60+,61+,62+,63+,64-/m1/s1. The highest BCUT2D eigenvalue weighted by Crippen LogP contribution is 2.41. The van der Waals surface area contributed by atoms with Crippen molar-refractivity contribution in [1.82, 2.24) is 26.6 Å². The molecule has 9 fully saturated rings. The van der Waals surface area contributed by atoms with Gasteiger partial charge in [-0.1, -0.05) is 0 Å². The van der Waals surface area contributed by atoms with Crippen LogP contribution in [-0.4, -0.2) is 488 Å². The molecule has 9 heterocycles. The highest BCUT2D eigenvalue weighted by Gasteiger charge is 2.62. The average Bonchev–Trinajstić information content (AvgIpc) is 0.766. The van der Waals surface area contributed by atoms with Crippen molar-refractivity contribution in [3.8, 4) is 0 Å². The number of aliphatic hydroxyl groups excluding tert-OH is 24. The second-order valence-corrected chi connectivity index (χ2v) is 28.9. The summed E-state index contributed by atoms with van der Waals surface area (Å²) in [5.41, 5.74) is 0. The number of carbonyl (C=O) groups excluding carboxylic acids is 5. The Morgan fingerprint density at radius 2 is 0.487 bits per heavy atom. The molecule has 51 nitrogen and oxygen atoms in total. The Balaban J connectivity index is 1.12. The zero-order valence-corrected chi connectivity index (χ0v) is 62.1. The first kappa shape index (κ1) is 94.6. The van der Waals surface area contributed by atoms with Crippen LogP contribution >= 0.6 is 0 Å². The molecule has 115 heavy (non-hydrogen) atoms. The Morgan fingerprint density at radius 3 is 0.878 bits per heavy atom. The summed E-state index contributed by atoms with van der Waals surface area (Å²) >= 11 is 0. The van der Waals surface area contributed by atoms with Crippen molar-refractivity contribution in [3.05, 3.63) is 0 Å². The summed E-state index contributed by atoms with van der Waals surface area (Å²) in [5.74, 6) is -4.51. The molecule has 664 valence electrons. The van der Waals surface area contributed by atoms with Crippen molar-refractivity contribution in [2.24, 2.45) is 0 Å². The van der Waals surface area contributed by atoms with E-state index in [-0.39, 0.29) is 0 Å². The van der Waals surface area contributed by atoms with Crippen molar-refractivity contribution in [2.75, 3.05) is 59.5 Å². The summed E-state index contributed by atoms with van der Waals surface area (Å²) in [5, 5.41) is 281. The smallest absolute Gasteiger partial charge is 0.217 e. The molecular weight excluding hydrogens is 1570 g/mol. The van der Waals surface area contributed by atoms with Gasteiger partial charge in [0, 0.05) is 34.6 Å². The van der Waals surface area contributed by atoms with Gasteiger partial charge in [-0.15, -0.1) is 0 Å². The molecule has 0 saturated carbocycles. The monoisotopic (exact) mass is 1680 g/mol. The van der Waals surface area contributed by atoms with Crippen LogP contribution in [0.15, 0.2) is 0 Å². The predicted octanol–water partition coefficient (Wildman–Crippen LogP) is -19.9. The van der Waals surface area contributed by atoms with Crippen molar-refractivity contribution in [1.29, 1.82) is 0 Å². The first-order valence-corrected chi connectivity index (χ1v) is 36.6. The van der Waals surface area contributed by atoms with Crippen molar-refractivity contribution < 1.29 is 227 Å². The first-order chi connectivity index (χ1) is 54.4. The fourth-order valence-electron chi connectivity index (χ4n) is 14.9. The number of rotatable bonds is 30. The van der Waals surface area contributed by atoms with Gasteiger partial charge >= 0.3 is 0 Å². The largest absolute Gasteiger partial charge is 0.394 e. The lowest BCUT2D eigenvalue weighted by Crippen LogP contribution is -2.71. The molecule has 29 N–H and O–H groups in total. The van der Waals surface area contributed by atoms with Crippen molar-refractivity contribution in [2.45, 2.75) is 311 Å². The molecule has 0 aromatic rings. The molecule has 0 spiro atoms. The van der Waals surface area contributed by atoms with Gasteiger partial charge in [-0.3, -0.25) is 24.0 Å². The molecule has 9 aliphatic rings. The van der Waals surface area contributed by atoms with E-state index in [4.69, 9.17) is 80.5 Å². The van der Waals surface area contributed by atoms with Gasteiger partial charge in [0.15, 0.2) is 56.6 Å². The first-order valence-electron chi connectivity index (χ1n) is 36.6. The molecule has 0 aromatic heterocycles. The van der Waals surface area contributed by atoms with Gasteiger partial charge in [-0.2, -0.15) is 0 Å². The highest BCUT2D eigenvalue weighted by molar-refractivity contribution is 5.75. The third kappa shape index (κ3) is 21.3. The fourth-order valence-corrected chi connectivity index (χ4v) is 14.9. The van der Waals surface area contributed by atoms with Crippen LogP contribution in [0.25, 0.3) is 0 Å². The molecular formula is C64H107N5O46. The summed E-state index contributed by atoms with van der Waals surface area (Å²) in [7, 11) is 0. The number of aliphatic hydroxyl groups is 24. The molecule has 0 bridgehead atoms. The molecule has 9 rings (SSSR count). The van der Waals surface area contributed by atoms with E-state index in [9.17, 15) is 147 Å². The van der Waals surface area contributed by atoms with E-state index in [0.717, 1.165) is 34.6 Å². The normalized spacial score (nSPS) is 47.9. The topological polar surface area (TPSA) is 788 Å². The quantitative estimate of drug-likeness (QED) is 0.0318. The molecule has 45 atom stereocenters. The van der Waals surface area contributed by atoms with Crippen LogP contribution in [0.1, 0.15) is 34.6 Å². The van der Waals surface area contributed by atoms with E-state index in [1.54, 1.807) is 0 Å². The van der Waals surface area contributed by atoms with Gasteiger partial charge in [0.1, 0.15) is 219 Å². The van der Waals surface area contributed by atoms with Gasteiger partial charge in [0.05, 0.1) is 59.5 Å². The van der Waals surface area contributed by atoms with E-state index in [1.807, 2.05) is 0 Å². The number of nitrogens with one attached hydrogen (secondary N) is 5. The maximum atomic E-state index is 13.2. The molecule has 0 aromatic carbocycles. The highest BCUT2D eigenvalue weighted by atomic mass is 16.8. The van der Waals surface area contributed by atoms with Gasteiger partial charge < -0.3 is 230 Å². The van der Waals surface area contributed by atoms with Crippen molar-refractivity contribution in [3.63, 3.8) is 0 Å². The minimum absolute atomic E-state index is 0.796. The van der Waals surface area contributed by atoms with Crippen molar-refractivity contribution >= 4 is 29.5 Å². The summed E-state index contributed by atoms with van der Waals surface area (Å²) in [4.78, 5) is 63.6. The van der Waals surface area contributed by atoms with Crippen LogP contribution in [0.2, 0.25) is 0 Å². The van der Waals surface area contributed by atoms with Crippen LogP contribution in [0.5, 0.6) is 0 Å². The Morgan fingerprint density at radius 1 is 0.226 bits per heavy atom. The van der Waals surface area contributed by atoms with Crippen LogP contribution in [0.3, 0.4) is 0 Å². The summed E-state index contributed by atoms with van der Waals surface area (Å²) in [6.45, 7) is -5.28. The molecule has 9 saturated heterocycles. The third-order valence-corrected chi connectivity index (χ3v) is 20.8. The van der Waals surface area contributed by atoms with Crippen LogP contribution in [-0.2, 0) is 104 Å².